The van der Waals surface area contributed by atoms with Gasteiger partial charge in [-0.3, -0.25) is 4.79 Å². The molecule has 0 saturated carbocycles. The van der Waals surface area contributed by atoms with E-state index in [2.05, 4.69) is 0 Å². The van der Waals surface area contributed by atoms with Gasteiger partial charge in [0.25, 0.3) is 0 Å². The van der Waals surface area contributed by atoms with Crippen LogP contribution in [0.5, 0.6) is 0 Å². The average molecular weight is 314 g/mol. The predicted octanol–water partition coefficient (Wildman–Crippen LogP) is 3.51. The van der Waals surface area contributed by atoms with Crippen LogP contribution in [0.2, 0.25) is 0 Å². The normalized spacial score (nSPS) is 11.5. The molecule has 1 rings (SSSR count). The molecule has 14 heavy (non-hydrogen) atoms. The Morgan fingerprint density at radius 2 is 1.86 bits per heavy atom. The number of alkyl halides is 3. The second kappa shape index (κ2) is 3.88. The molecule has 0 aromatic heterocycles. The fourth-order valence-electron chi connectivity index (χ4n) is 0.957. The van der Waals surface area contributed by atoms with Crippen molar-refractivity contribution in [2.24, 2.45) is 0 Å². The molecule has 0 aliphatic heterocycles. The molecule has 76 valence electrons. The Morgan fingerprint density at radius 1 is 1.29 bits per heavy atom. The lowest BCUT2D eigenvalue weighted by molar-refractivity contribution is -0.137. The Kier molecular flexibility index (Phi) is 3.18. The Hall–Kier alpha value is -0.590. The second-order valence-corrected chi connectivity index (χ2v) is 4.03. The molecule has 0 heterocycles. The summed E-state index contributed by atoms with van der Waals surface area (Å²) >= 11 is 1.75. The van der Waals surface area contributed by atoms with Crippen LogP contribution in [0, 0.1) is 3.57 Å². The Labute approximate surface area is 92.4 Å². The Balaban J connectivity index is 3.28. The zero-order chi connectivity index (χ0) is 10.9. The molecule has 5 heteroatoms. The standard InChI is InChI=1S/C9H6F3IO/c1-5(14)6-2-7(9(10,11)12)4-8(13)3-6/h2-4H,1H3. The fraction of sp³-hybridized carbons (Fsp3) is 0.222. The van der Waals surface area contributed by atoms with Crippen LogP contribution in [0.3, 0.4) is 0 Å². The third-order valence-electron chi connectivity index (χ3n) is 1.63. The van der Waals surface area contributed by atoms with Crippen molar-refractivity contribution in [1.29, 1.82) is 0 Å². The highest BCUT2D eigenvalue weighted by atomic mass is 127. The molecular weight excluding hydrogens is 308 g/mol. The van der Waals surface area contributed by atoms with Crippen molar-refractivity contribution in [1.82, 2.24) is 0 Å². The van der Waals surface area contributed by atoms with Crippen molar-refractivity contribution in [2.45, 2.75) is 13.1 Å². The Morgan fingerprint density at radius 3 is 2.29 bits per heavy atom. The van der Waals surface area contributed by atoms with Gasteiger partial charge in [0.15, 0.2) is 5.78 Å². The molecule has 0 radical (unpaired) electrons. The number of rotatable bonds is 1. The third kappa shape index (κ3) is 2.70. The minimum Gasteiger partial charge on any atom is -0.295 e. The van der Waals surface area contributed by atoms with E-state index in [1.165, 1.54) is 13.0 Å². The van der Waals surface area contributed by atoms with Gasteiger partial charge in [0.05, 0.1) is 5.56 Å². The summed E-state index contributed by atoms with van der Waals surface area (Å²) in [5.74, 6) is -0.367. The number of halogens is 4. The van der Waals surface area contributed by atoms with E-state index < -0.39 is 11.7 Å². The van der Waals surface area contributed by atoms with Gasteiger partial charge in [-0.05, 0) is 47.7 Å². The van der Waals surface area contributed by atoms with Crippen molar-refractivity contribution < 1.29 is 18.0 Å². The molecule has 0 fully saturated rings. The zero-order valence-electron chi connectivity index (χ0n) is 7.15. The molecule has 0 N–H and O–H groups in total. The molecule has 0 amide bonds. The largest absolute Gasteiger partial charge is 0.416 e. The van der Waals surface area contributed by atoms with Crippen LogP contribution in [0.1, 0.15) is 22.8 Å². The molecule has 0 saturated heterocycles. The van der Waals surface area contributed by atoms with Crippen molar-refractivity contribution in [2.75, 3.05) is 0 Å². The minimum absolute atomic E-state index is 0.0872. The summed E-state index contributed by atoms with van der Waals surface area (Å²) in [5, 5.41) is 0. The van der Waals surface area contributed by atoms with Gasteiger partial charge in [0.1, 0.15) is 0 Å². The summed E-state index contributed by atoms with van der Waals surface area (Å²) in [4.78, 5) is 10.9. The van der Waals surface area contributed by atoms with Crippen LogP contribution in [0.4, 0.5) is 13.2 Å². The quantitative estimate of drug-likeness (QED) is 0.573. The SMILES string of the molecule is CC(=O)c1cc(I)cc(C(F)(F)F)c1. The van der Waals surface area contributed by atoms with E-state index in [0.717, 1.165) is 12.1 Å². The highest BCUT2D eigenvalue weighted by Crippen LogP contribution is 2.31. The maximum atomic E-state index is 12.3. The molecular formula is C9H6F3IO. The predicted molar refractivity (Wildman–Crippen MR) is 54.2 cm³/mol. The maximum Gasteiger partial charge on any atom is 0.416 e. The van der Waals surface area contributed by atoms with Crippen molar-refractivity contribution in [3.63, 3.8) is 0 Å². The number of carbonyl (C=O) groups excluding carboxylic acids is 1. The monoisotopic (exact) mass is 314 g/mol. The van der Waals surface area contributed by atoms with E-state index in [1.54, 1.807) is 22.6 Å². The van der Waals surface area contributed by atoms with Crippen LogP contribution in [0.25, 0.3) is 0 Å². The molecule has 1 aromatic rings. The smallest absolute Gasteiger partial charge is 0.295 e. The van der Waals surface area contributed by atoms with Crippen LogP contribution in [-0.2, 0) is 6.18 Å². The summed E-state index contributed by atoms with van der Waals surface area (Å²) in [5.41, 5.74) is -0.696. The number of hydrogen-bond acceptors (Lipinski definition) is 1. The lowest BCUT2D eigenvalue weighted by atomic mass is 10.1. The molecule has 1 nitrogen and oxygen atoms in total. The molecule has 0 spiro atoms. The van der Waals surface area contributed by atoms with Gasteiger partial charge < -0.3 is 0 Å². The number of carbonyl (C=O) groups is 1. The first-order valence-electron chi connectivity index (χ1n) is 3.69. The topological polar surface area (TPSA) is 17.1 Å². The van der Waals surface area contributed by atoms with E-state index in [-0.39, 0.29) is 11.3 Å². The van der Waals surface area contributed by atoms with E-state index in [9.17, 15) is 18.0 Å². The number of hydrogen-bond donors (Lipinski definition) is 0. The van der Waals surface area contributed by atoms with E-state index in [0.29, 0.717) is 3.57 Å². The van der Waals surface area contributed by atoms with Crippen LogP contribution >= 0.6 is 22.6 Å². The summed E-state index contributed by atoms with van der Waals surface area (Å²) in [6, 6.07) is 3.30. The minimum atomic E-state index is -4.40. The van der Waals surface area contributed by atoms with Crippen LogP contribution < -0.4 is 0 Å². The number of benzene rings is 1. The van der Waals surface area contributed by atoms with Gasteiger partial charge in [0, 0.05) is 9.13 Å². The first kappa shape index (κ1) is 11.5. The molecule has 0 aliphatic carbocycles. The number of ketones is 1. The first-order valence-corrected chi connectivity index (χ1v) is 4.77. The third-order valence-corrected chi connectivity index (χ3v) is 2.25. The van der Waals surface area contributed by atoms with Crippen LogP contribution in [-0.4, -0.2) is 5.78 Å². The summed E-state index contributed by atoms with van der Waals surface area (Å²) in [6.07, 6.45) is -4.40. The highest BCUT2D eigenvalue weighted by molar-refractivity contribution is 14.1. The molecule has 0 bridgehead atoms. The average Bonchev–Trinajstić information content (AvgIpc) is 2.01. The van der Waals surface area contributed by atoms with Crippen molar-refractivity contribution in [3.8, 4) is 0 Å². The van der Waals surface area contributed by atoms with Gasteiger partial charge in [-0.1, -0.05) is 0 Å². The van der Waals surface area contributed by atoms with E-state index >= 15 is 0 Å². The second-order valence-electron chi connectivity index (χ2n) is 2.78. The molecule has 1 aromatic carbocycles. The fourth-order valence-corrected chi connectivity index (χ4v) is 1.63. The van der Waals surface area contributed by atoms with Gasteiger partial charge in [-0.15, -0.1) is 0 Å². The molecule has 0 atom stereocenters. The highest BCUT2D eigenvalue weighted by Gasteiger charge is 2.31. The van der Waals surface area contributed by atoms with E-state index in [1.807, 2.05) is 0 Å². The molecule has 0 unspecified atom stereocenters. The van der Waals surface area contributed by atoms with Gasteiger partial charge in [0.2, 0.25) is 0 Å². The van der Waals surface area contributed by atoms with E-state index in [4.69, 9.17) is 0 Å². The van der Waals surface area contributed by atoms with Crippen LogP contribution in [0.15, 0.2) is 18.2 Å². The lowest BCUT2D eigenvalue weighted by Crippen LogP contribution is -2.07. The summed E-state index contributed by atoms with van der Waals surface area (Å²) < 4.78 is 37.3. The summed E-state index contributed by atoms with van der Waals surface area (Å²) in [7, 11) is 0. The van der Waals surface area contributed by atoms with Gasteiger partial charge >= 0.3 is 6.18 Å². The number of Topliss-reactive ketones (excluding diaryl/α,β-unsaturated/α-hetero) is 1. The van der Waals surface area contributed by atoms with Gasteiger partial charge in [-0.2, -0.15) is 13.2 Å². The lowest BCUT2D eigenvalue weighted by Gasteiger charge is -2.08. The Bertz CT molecular complexity index is 371. The van der Waals surface area contributed by atoms with Crippen molar-refractivity contribution in [3.05, 3.63) is 32.9 Å². The first-order chi connectivity index (χ1) is 6.30. The summed E-state index contributed by atoms with van der Waals surface area (Å²) in [6.45, 7) is 1.24. The maximum absolute atomic E-state index is 12.3. The van der Waals surface area contributed by atoms with Crippen molar-refractivity contribution >= 4 is 28.4 Å². The van der Waals surface area contributed by atoms with Gasteiger partial charge in [-0.25, -0.2) is 0 Å². The molecule has 0 aliphatic rings. The zero-order valence-corrected chi connectivity index (χ0v) is 9.31.